The van der Waals surface area contributed by atoms with Gasteiger partial charge in [0.2, 0.25) is 11.8 Å². The first kappa shape index (κ1) is 19.5. The van der Waals surface area contributed by atoms with E-state index in [0.717, 1.165) is 19.6 Å². The Hall–Kier alpha value is -2.86. The Morgan fingerprint density at radius 1 is 1.00 bits per heavy atom. The molecule has 2 heterocycles. The number of fused-ring (bicyclic) bond motifs is 1. The molecular weight excluding hydrogens is 366 g/mol. The second-order valence-electron chi connectivity index (χ2n) is 7.63. The Morgan fingerprint density at radius 3 is 2.52 bits per heavy atom. The van der Waals surface area contributed by atoms with Crippen LogP contribution < -0.4 is 9.64 Å². The zero-order chi connectivity index (χ0) is 20.2. The first-order chi connectivity index (χ1) is 14.1. The molecule has 4 rings (SSSR count). The average molecular weight is 393 g/mol. The van der Waals surface area contributed by atoms with Crippen molar-refractivity contribution in [2.45, 2.75) is 19.9 Å². The normalized spacial score (nSPS) is 17.5. The van der Waals surface area contributed by atoms with Crippen molar-refractivity contribution in [3.8, 4) is 5.75 Å². The molecule has 2 aliphatic heterocycles. The lowest BCUT2D eigenvalue weighted by Crippen LogP contribution is -2.51. The number of carbonyl (C=O) groups excluding carboxylic acids is 2. The molecule has 0 saturated carbocycles. The lowest BCUT2D eigenvalue weighted by molar-refractivity contribution is -0.133. The summed E-state index contributed by atoms with van der Waals surface area (Å²) in [7, 11) is 0. The summed E-state index contributed by atoms with van der Waals surface area (Å²) in [6.07, 6.45) is 0.284. The van der Waals surface area contributed by atoms with Crippen molar-refractivity contribution < 1.29 is 14.3 Å². The van der Waals surface area contributed by atoms with E-state index >= 15 is 0 Å². The molecule has 0 bridgehead atoms. The molecule has 29 heavy (non-hydrogen) atoms. The van der Waals surface area contributed by atoms with Gasteiger partial charge in [0.15, 0.2) is 0 Å². The predicted octanol–water partition coefficient (Wildman–Crippen LogP) is 2.45. The van der Waals surface area contributed by atoms with E-state index in [0.29, 0.717) is 31.1 Å². The van der Waals surface area contributed by atoms with Crippen molar-refractivity contribution in [3.05, 3.63) is 59.7 Å². The Kier molecular flexibility index (Phi) is 5.81. The minimum absolute atomic E-state index is 0.00871. The van der Waals surface area contributed by atoms with Gasteiger partial charge in [-0.15, -0.1) is 0 Å². The first-order valence-corrected chi connectivity index (χ1v) is 10.2. The second kappa shape index (κ2) is 8.66. The zero-order valence-electron chi connectivity index (χ0n) is 16.8. The summed E-state index contributed by atoms with van der Waals surface area (Å²) in [6.45, 7) is 6.51. The highest BCUT2D eigenvalue weighted by Gasteiger charge is 2.28. The minimum atomic E-state index is -0.0681. The van der Waals surface area contributed by atoms with Crippen LogP contribution in [0.2, 0.25) is 0 Å². The lowest BCUT2D eigenvalue weighted by Gasteiger charge is -2.36. The lowest BCUT2D eigenvalue weighted by atomic mass is 10.1. The number of carbonyl (C=O) groups is 2. The quantitative estimate of drug-likeness (QED) is 0.801. The van der Waals surface area contributed by atoms with Crippen molar-refractivity contribution in [1.82, 2.24) is 9.80 Å². The maximum absolute atomic E-state index is 12.9. The molecule has 2 amide bonds. The molecule has 2 aromatic carbocycles. The Bertz CT molecular complexity index is 890. The van der Waals surface area contributed by atoms with Crippen molar-refractivity contribution >= 4 is 17.5 Å². The molecule has 0 aromatic heterocycles. The Balaban J connectivity index is 1.36. The van der Waals surface area contributed by atoms with Gasteiger partial charge in [-0.3, -0.25) is 19.4 Å². The van der Waals surface area contributed by atoms with E-state index in [9.17, 15) is 9.59 Å². The van der Waals surface area contributed by atoms with Crippen molar-refractivity contribution in [2.24, 2.45) is 0 Å². The standard InChI is InChI=1S/C23H27N3O3/c1-18-6-2-3-7-19(18)16-24-11-13-25(14-12-24)23(28)17-26-20-8-4-5-9-21(20)29-15-10-22(26)27/h2-9H,10-17H2,1H3. The largest absolute Gasteiger partial charge is 0.491 e. The van der Waals surface area contributed by atoms with E-state index in [-0.39, 0.29) is 24.8 Å². The van der Waals surface area contributed by atoms with Gasteiger partial charge in [0.1, 0.15) is 12.3 Å². The topological polar surface area (TPSA) is 53.1 Å². The van der Waals surface area contributed by atoms with E-state index in [1.807, 2.05) is 29.2 Å². The summed E-state index contributed by atoms with van der Waals surface area (Å²) >= 11 is 0. The molecule has 2 aliphatic rings. The molecule has 0 N–H and O–H groups in total. The predicted molar refractivity (Wildman–Crippen MR) is 112 cm³/mol. The molecule has 0 aliphatic carbocycles. The third-order valence-corrected chi connectivity index (χ3v) is 5.70. The molecule has 0 atom stereocenters. The van der Waals surface area contributed by atoms with E-state index < -0.39 is 0 Å². The maximum atomic E-state index is 12.9. The van der Waals surface area contributed by atoms with Crippen LogP contribution in [0.1, 0.15) is 17.5 Å². The van der Waals surface area contributed by atoms with Gasteiger partial charge in [0, 0.05) is 32.7 Å². The van der Waals surface area contributed by atoms with Gasteiger partial charge in [0.05, 0.1) is 18.7 Å². The minimum Gasteiger partial charge on any atom is -0.491 e. The van der Waals surface area contributed by atoms with E-state index in [1.54, 1.807) is 4.90 Å². The smallest absolute Gasteiger partial charge is 0.242 e. The number of ether oxygens (including phenoxy) is 1. The van der Waals surface area contributed by atoms with E-state index in [2.05, 4.69) is 36.1 Å². The highest BCUT2D eigenvalue weighted by molar-refractivity contribution is 6.00. The fourth-order valence-corrected chi connectivity index (χ4v) is 3.91. The van der Waals surface area contributed by atoms with Gasteiger partial charge in [-0.1, -0.05) is 36.4 Å². The number of benzene rings is 2. The number of nitrogens with zero attached hydrogens (tertiary/aromatic N) is 3. The van der Waals surface area contributed by atoms with Crippen LogP contribution in [0.25, 0.3) is 0 Å². The van der Waals surface area contributed by atoms with Crippen LogP contribution in [0.5, 0.6) is 5.75 Å². The number of aryl methyl sites for hydroxylation is 1. The summed E-state index contributed by atoms with van der Waals surface area (Å²) in [4.78, 5) is 31.3. The van der Waals surface area contributed by atoms with Crippen LogP contribution in [-0.4, -0.2) is 60.9 Å². The molecule has 0 spiro atoms. The van der Waals surface area contributed by atoms with Gasteiger partial charge >= 0.3 is 0 Å². The summed E-state index contributed by atoms with van der Waals surface area (Å²) in [5.74, 6) is 0.585. The van der Waals surface area contributed by atoms with Gasteiger partial charge in [-0.2, -0.15) is 0 Å². The highest BCUT2D eigenvalue weighted by atomic mass is 16.5. The number of piperazine rings is 1. The number of rotatable bonds is 4. The molecule has 6 nitrogen and oxygen atoms in total. The van der Waals surface area contributed by atoms with Gasteiger partial charge in [-0.05, 0) is 30.2 Å². The van der Waals surface area contributed by atoms with Crippen LogP contribution in [0, 0.1) is 6.92 Å². The zero-order valence-corrected chi connectivity index (χ0v) is 16.8. The molecule has 1 saturated heterocycles. The molecule has 6 heteroatoms. The highest BCUT2D eigenvalue weighted by Crippen LogP contribution is 2.31. The third-order valence-electron chi connectivity index (χ3n) is 5.70. The second-order valence-corrected chi connectivity index (χ2v) is 7.63. The summed E-state index contributed by atoms with van der Waals surface area (Å²) in [6, 6.07) is 15.9. The third kappa shape index (κ3) is 4.43. The molecule has 1 fully saturated rings. The van der Waals surface area contributed by atoms with E-state index in [4.69, 9.17) is 4.74 Å². The van der Waals surface area contributed by atoms with Gasteiger partial charge in [-0.25, -0.2) is 0 Å². The molecule has 2 aromatic rings. The maximum Gasteiger partial charge on any atom is 0.242 e. The number of amides is 2. The van der Waals surface area contributed by atoms with E-state index in [1.165, 1.54) is 11.1 Å². The number of anilines is 1. The number of hydrogen-bond donors (Lipinski definition) is 0. The van der Waals surface area contributed by atoms with Gasteiger partial charge < -0.3 is 9.64 Å². The SMILES string of the molecule is Cc1ccccc1CN1CCN(C(=O)CN2C(=O)CCOc3ccccc32)CC1. The van der Waals surface area contributed by atoms with Crippen LogP contribution >= 0.6 is 0 Å². The monoisotopic (exact) mass is 393 g/mol. The fraction of sp³-hybridized carbons (Fsp3) is 0.391. The molecule has 152 valence electrons. The average Bonchev–Trinajstić information content (AvgIpc) is 2.89. The molecule has 0 radical (unpaired) electrons. The number of para-hydroxylation sites is 2. The fourth-order valence-electron chi connectivity index (χ4n) is 3.91. The Labute approximate surface area is 171 Å². The summed E-state index contributed by atoms with van der Waals surface area (Å²) in [5, 5.41) is 0. The van der Waals surface area contributed by atoms with Crippen LogP contribution in [-0.2, 0) is 16.1 Å². The molecular formula is C23H27N3O3. The molecule has 0 unspecified atom stereocenters. The summed E-state index contributed by atoms with van der Waals surface area (Å²) in [5.41, 5.74) is 3.31. The van der Waals surface area contributed by atoms with Crippen molar-refractivity contribution in [2.75, 3.05) is 44.2 Å². The number of hydrogen-bond acceptors (Lipinski definition) is 4. The van der Waals surface area contributed by atoms with Crippen LogP contribution in [0.4, 0.5) is 5.69 Å². The van der Waals surface area contributed by atoms with Crippen molar-refractivity contribution in [3.63, 3.8) is 0 Å². The van der Waals surface area contributed by atoms with Crippen LogP contribution in [0.3, 0.4) is 0 Å². The summed E-state index contributed by atoms with van der Waals surface area (Å²) < 4.78 is 5.66. The van der Waals surface area contributed by atoms with Crippen molar-refractivity contribution in [1.29, 1.82) is 0 Å². The Morgan fingerprint density at radius 2 is 1.72 bits per heavy atom. The van der Waals surface area contributed by atoms with Gasteiger partial charge in [0.25, 0.3) is 0 Å². The van der Waals surface area contributed by atoms with Crippen LogP contribution in [0.15, 0.2) is 48.5 Å². The first-order valence-electron chi connectivity index (χ1n) is 10.2.